The molecule has 0 N–H and O–H groups in total. The molecule has 0 bridgehead atoms. The number of nitrogens with zero attached hydrogens (tertiary/aromatic N) is 2. The fourth-order valence-corrected chi connectivity index (χ4v) is 0.709. The first-order chi connectivity index (χ1) is 5.22. The number of allylic oxidation sites excluding steroid dienone is 1. The van der Waals surface area contributed by atoms with Gasteiger partial charge in [0, 0.05) is 20.5 Å². The minimum atomic E-state index is 0.542. The molecule has 62 valence electrons. The standard InChI is InChI=1S/C8H14N2O/c1-10(2)8(11-3)6-4-5-7-9/h6H,4-5H2,1-3H3/b8-6+. The van der Waals surface area contributed by atoms with Crippen LogP contribution in [0.1, 0.15) is 12.8 Å². The number of nitriles is 1. The number of ether oxygens (including phenoxy) is 1. The van der Waals surface area contributed by atoms with Crippen molar-refractivity contribution in [2.75, 3.05) is 21.2 Å². The Morgan fingerprint density at radius 3 is 2.64 bits per heavy atom. The minimum absolute atomic E-state index is 0.542. The summed E-state index contributed by atoms with van der Waals surface area (Å²) in [5, 5.41) is 8.26. The molecule has 0 atom stereocenters. The van der Waals surface area contributed by atoms with Gasteiger partial charge in [-0.1, -0.05) is 0 Å². The van der Waals surface area contributed by atoms with Crippen molar-refractivity contribution in [3.8, 4) is 6.07 Å². The summed E-state index contributed by atoms with van der Waals surface area (Å²) >= 11 is 0. The van der Waals surface area contributed by atoms with Crippen LogP contribution in [0, 0.1) is 11.3 Å². The second-order valence-electron chi connectivity index (χ2n) is 2.34. The van der Waals surface area contributed by atoms with E-state index in [1.165, 1.54) is 0 Å². The number of rotatable bonds is 4. The molecule has 0 fully saturated rings. The molecular formula is C8H14N2O. The van der Waals surface area contributed by atoms with Crippen LogP contribution in [0.25, 0.3) is 0 Å². The molecule has 3 heteroatoms. The molecule has 0 aromatic carbocycles. The van der Waals surface area contributed by atoms with Crippen LogP contribution in [0.2, 0.25) is 0 Å². The third-order valence-electron chi connectivity index (χ3n) is 1.23. The summed E-state index contributed by atoms with van der Waals surface area (Å²) in [6.45, 7) is 0. The molecule has 3 nitrogen and oxygen atoms in total. The summed E-state index contributed by atoms with van der Waals surface area (Å²) in [5.41, 5.74) is 0. The lowest BCUT2D eigenvalue weighted by atomic mass is 10.3. The fourth-order valence-electron chi connectivity index (χ4n) is 0.709. The molecule has 0 saturated carbocycles. The molecule has 0 aliphatic carbocycles. The smallest absolute Gasteiger partial charge is 0.184 e. The normalized spacial score (nSPS) is 10.5. The molecule has 0 aliphatic rings. The van der Waals surface area contributed by atoms with Gasteiger partial charge in [0.2, 0.25) is 0 Å². The second kappa shape index (κ2) is 5.60. The topological polar surface area (TPSA) is 36.3 Å². The Bertz CT molecular complexity index is 167. The van der Waals surface area contributed by atoms with Gasteiger partial charge in [-0.25, -0.2) is 0 Å². The maximum atomic E-state index is 8.26. The summed E-state index contributed by atoms with van der Waals surface area (Å²) in [4.78, 5) is 1.87. The number of hydrogen-bond donors (Lipinski definition) is 0. The molecule has 11 heavy (non-hydrogen) atoms. The molecule has 0 rings (SSSR count). The SMILES string of the molecule is CO/C(=C/CCC#N)N(C)C. The van der Waals surface area contributed by atoms with E-state index in [-0.39, 0.29) is 0 Å². The lowest BCUT2D eigenvalue weighted by molar-refractivity contribution is 0.192. The summed E-state index contributed by atoms with van der Waals surface area (Å²) in [7, 11) is 5.43. The van der Waals surface area contributed by atoms with Crippen LogP contribution >= 0.6 is 0 Å². The number of hydrogen-bond acceptors (Lipinski definition) is 3. The first kappa shape index (κ1) is 9.83. The molecular weight excluding hydrogens is 140 g/mol. The minimum Gasteiger partial charge on any atom is -0.483 e. The van der Waals surface area contributed by atoms with Crippen LogP contribution < -0.4 is 0 Å². The maximum absolute atomic E-state index is 8.26. The highest BCUT2D eigenvalue weighted by Crippen LogP contribution is 2.01. The molecule has 0 heterocycles. The molecule has 0 spiro atoms. The van der Waals surface area contributed by atoms with Crippen molar-refractivity contribution in [2.24, 2.45) is 0 Å². The van der Waals surface area contributed by atoms with Gasteiger partial charge in [-0.15, -0.1) is 0 Å². The van der Waals surface area contributed by atoms with Crippen molar-refractivity contribution in [1.29, 1.82) is 5.26 Å². The van der Waals surface area contributed by atoms with Gasteiger partial charge in [0.05, 0.1) is 13.2 Å². The van der Waals surface area contributed by atoms with Crippen molar-refractivity contribution in [3.63, 3.8) is 0 Å². The quantitative estimate of drug-likeness (QED) is 0.453. The van der Waals surface area contributed by atoms with Crippen molar-refractivity contribution in [2.45, 2.75) is 12.8 Å². The summed E-state index contributed by atoms with van der Waals surface area (Å²) in [5.74, 6) is 0.806. The van der Waals surface area contributed by atoms with Gasteiger partial charge >= 0.3 is 0 Å². The Morgan fingerprint density at radius 1 is 1.64 bits per heavy atom. The summed E-state index contributed by atoms with van der Waals surface area (Å²) in [6.07, 6.45) is 3.20. The van der Waals surface area contributed by atoms with Crippen molar-refractivity contribution in [1.82, 2.24) is 4.90 Å². The lowest BCUT2D eigenvalue weighted by Crippen LogP contribution is -2.12. The van der Waals surface area contributed by atoms with Crippen LogP contribution in [0.5, 0.6) is 0 Å². The average Bonchev–Trinajstić information content (AvgIpc) is 1.97. The third-order valence-corrected chi connectivity index (χ3v) is 1.23. The first-order valence-corrected chi connectivity index (χ1v) is 3.50. The largest absolute Gasteiger partial charge is 0.483 e. The van der Waals surface area contributed by atoms with E-state index in [1.54, 1.807) is 7.11 Å². The van der Waals surface area contributed by atoms with Gasteiger partial charge in [0.15, 0.2) is 5.88 Å². The fraction of sp³-hybridized carbons (Fsp3) is 0.625. The lowest BCUT2D eigenvalue weighted by Gasteiger charge is -2.14. The second-order valence-corrected chi connectivity index (χ2v) is 2.34. The van der Waals surface area contributed by atoms with Crippen LogP contribution in [0.15, 0.2) is 12.0 Å². The van der Waals surface area contributed by atoms with Gasteiger partial charge < -0.3 is 9.64 Å². The van der Waals surface area contributed by atoms with E-state index in [0.29, 0.717) is 6.42 Å². The van der Waals surface area contributed by atoms with Gasteiger partial charge in [-0.05, 0) is 12.5 Å². The highest BCUT2D eigenvalue weighted by molar-refractivity contribution is 4.91. The molecule has 0 amide bonds. The first-order valence-electron chi connectivity index (χ1n) is 3.50. The van der Waals surface area contributed by atoms with Crippen LogP contribution in [0.4, 0.5) is 0 Å². The zero-order chi connectivity index (χ0) is 8.69. The number of unbranched alkanes of at least 4 members (excludes halogenated alkanes) is 1. The maximum Gasteiger partial charge on any atom is 0.184 e. The van der Waals surface area contributed by atoms with Crippen LogP contribution in [-0.2, 0) is 4.74 Å². The van der Waals surface area contributed by atoms with Crippen molar-refractivity contribution < 1.29 is 4.74 Å². The van der Waals surface area contributed by atoms with E-state index in [9.17, 15) is 0 Å². The van der Waals surface area contributed by atoms with Gasteiger partial charge in [-0.3, -0.25) is 0 Å². The molecule has 0 aromatic rings. The monoisotopic (exact) mass is 154 g/mol. The van der Waals surface area contributed by atoms with Gasteiger partial charge in [-0.2, -0.15) is 5.26 Å². The molecule has 0 aliphatic heterocycles. The van der Waals surface area contributed by atoms with E-state index in [4.69, 9.17) is 10.00 Å². The molecule has 0 radical (unpaired) electrons. The number of methoxy groups -OCH3 is 1. The van der Waals surface area contributed by atoms with Gasteiger partial charge in [0.1, 0.15) is 0 Å². The Balaban J connectivity index is 3.83. The van der Waals surface area contributed by atoms with Crippen LogP contribution in [-0.4, -0.2) is 26.1 Å². The highest BCUT2D eigenvalue weighted by Gasteiger charge is 1.95. The Morgan fingerprint density at radius 2 is 2.27 bits per heavy atom. The average molecular weight is 154 g/mol. The van der Waals surface area contributed by atoms with E-state index in [2.05, 4.69) is 6.07 Å². The van der Waals surface area contributed by atoms with E-state index >= 15 is 0 Å². The van der Waals surface area contributed by atoms with Gasteiger partial charge in [0.25, 0.3) is 0 Å². The Labute approximate surface area is 67.9 Å². The molecule has 0 saturated heterocycles. The predicted octanol–water partition coefficient (Wildman–Crippen LogP) is 1.34. The predicted molar refractivity (Wildman–Crippen MR) is 43.6 cm³/mol. The van der Waals surface area contributed by atoms with Crippen LogP contribution in [0.3, 0.4) is 0 Å². The van der Waals surface area contributed by atoms with Crippen molar-refractivity contribution >= 4 is 0 Å². The Kier molecular flexibility index (Phi) is 5.01. The molecule has 0 aromatic heterocycles. The molecule has 0 unspecified atom stereocenters. The Hall–Kier alpha value is -1.17. The highest BCUT2D eigenvalue weighted by atomic mass is 16.5. The summed E-state index contributed by atoms with van der Waals surface area (Å²) in [6, 6.07) is 2.07. The van der Waals surface area contributed by atoms with Crippen molar-refractivity contribution in [3.05, 3.63) is 12.0 Å². The zero-order valence-corrected chi connectivity index (χ0v) is 7.29. The van der Waals surface area contributed by atoms with E-state index in [0.717, 1.165) is 12.3 Å². The van der Waals surface area contributed by atoms with E-state index in [1.807, 2.05) is 25.1 Å². The third kappa shape index (κ3) is 4.26. The summed E-state index contributed by atoms with van der Waals surface area (Å²) < 4.78 is 5.04. The van der Waals surface area contributed by atoms with E-state index < -0.39 is 0 Å². The zero-order valence-electron chi connectivity index (χ0n) is 7.29.